The van der Waals surface area contributed by atoms with E-state index in [-0.39, 0.29) is 30.1 Å². The van der Waals surface area contributed by atoms with Gasteiger partial charge in [0.05, 0.1) is 6.54 Å². The molecule has 0 atom stereocenters. The van der Waals surface area contributed by atoms with Crippen molar-refractivity contribution >= 4 is 23.7 Å². The lowest BCUT2D eigenvalue weighted by molar-refractivity contribution is -0.139. The van der Waals surface area contributed by atoms with Gasteiger partial charge in [0.25, 0.3) is 5.91 Å². The van der Waals surface area contributed by atoms with Crippen LogP contribution in [0.1, 0.15) is 36.2 Å². The summed E-state index contributed by atoms with van der Waals surface area (Å²) in [5, 5.41) is 14.5. The smallest absolute Gasteiger partial charge is 0.320 e. The van der Waals surface area contributed by atoms with Gasteiger partial charge in [-0.25, -0.2) is 9.78 Å². The van der Waals surface area contributed by atoms with Crippen LogP contribution < -0.4 is 16.4 Å². The van der Waals surface area contributed by atoms with Gasteiger partial charge in [0, 0.05) is 18.6 Å². The third-order valence-corrected chi connectivity index (χ3v) is 4.74. The second-order valence-corrected chi connectivity index (χ2v) is 6.96. The van der Waals surface area contributed by atoms with E-state index in [1.54, 1.807) is 12.1 Å². The second kappa shape index (κ2) is 7.69. The number of nitrogens with two attached hydrogens (primary N) is 1. The van der Waals surface area contributed by atoms with Gasteiger partial charge in [-0.2, -0.15) is 0 Å². The number of primary amides is 1. The van der Waals surface area contributed by atoms with Crippen molar-refractivity contribution in [1.82, 2.24) is 15.2 Å². The quantitative estimate of drug-likeness (QED) is 0.536. The summed E-state index contributed by atoms with van der Waals surface area (Å²) in [5.41, 5.74) is 5.24. The van der Waals surface area contributed by atoms with Gasteiger partial charge in [0.15, 0.2) is 0 Å². The Bertz CT molecular complexity index is 700. The highest BCUT2D eigenvalue weighted by molar-refractivity contribution is 5.92. The Kier molecular flexibility index (Phi) is 5.36. The lowest BCUT2D eigenvalue weighted by atomic mass is 9.85. The highest BCUT2D eigenvalue weighted by atomic mass is 16.4. The average molecular weight is 361 g/mol. The van der Waals surface area contributed by atoms with Crippen LogP contribution in [0.2, 0.25) is 0 Å². The molecule has 1 heterocycles. The van der Waals surface area contributed by atoms with Gasteiger partial charge >= 0.3 is 12.0 Å². The van der Waals surface area contributed by atoms with E-state index in [1.807, 2.05) is 4.90 Å². The van der Waals surface area contributed by atoms with Crippen molar-refractivity contribution in [2.24, 2.45) is 11.7 Å². The fraction of sp³-hybridized carbons (Fsp3) is 0.529. The summed E-state index contributed by atoms with van der Waals surface area (Å²) in [6.45, 7) is 0.865. The minimum atomic E-state index is -0.819. The van der Waals surface area contributed by atoms with Gasteiger partial charge in [-0.15, -0.1) is 0 Å². The fourth-order valence-electron chi connectivity index (χ4n) is 3.13. The van der Waals surface area contributed by atoms with Crippen molar-refractivity contribution in [1.29, 1.82) is 0 Å². The SMILES string of the molecule is NC(=O)c1cccc(NC(=O)NC2CC(N(CC(=O)O)CC3CC3)C2)n1. The number of urea groups is 1. The number of pyridine rings is 1. The largest absolute Gasteiger partial charge is 0.480 e. The zero-order valence-electron chi connectivity index (χ0n) is 14.4. The molecule has 0 aliphatic heterocycles. The number of carbonyl (C=O) groups is 3. The maximum Gasteiger partial charge on any atom is 0.320 e. The van der Waals surface area contributed by atoms with E-state index >= 15 is 0 Å². The summed E-state index contributed by atoms with van der Waals surface area (Å²) in [6.07, 6.45) is 3.79. The summed E-state index contributed by atoms with van der Waals surface area (Å²) in [4.78, 5) is 40.2. The second-order valence-electron chi connectivity index (χ2n) is 6.96. The number of amides is 3. The molecule has 2 aliphatic rings. The number of carboxylic acid groups (broad SMARTS) is 1. The van der Waals surface area contributed by atoms with Crippen molar-refractivity contribution in [3.63, 3.8) is 0 Å². The first-order chi connectivity index (χ1) is 12.4. The van der Waals surface area contributed by atoms with Crippen LogP contribution in [0.25, 0.3) is 0 Å². The Balaban J connectivity index is 1.45. The number of hydrogen-bond donors (Lipinski definition) is 4. The molecule has 0 radical (unpaired) electrons. The predicted octanol–water partition coefficient (Wildman–Crippen LogP) is 0.630. The molecule has 26 heavy (non-hydrogen) atoms. The summed E-state index contributed by atoms with van der Waals surface area (Å²) >= 11 is 0. The molecule has 5 N–H and O–H groups in total. The highest BCUT2D eigenvalue weighted by Crippen LogP contribution is 2.33. The first-order valence-corrected chi connectivity index (χ1v) is 8.71. The summed E-state index contributed by atoms with van der Waals surface area (Å²) in [5.74, 6) is -0.616. The van der Waals surface area contributed by atoms with Gasteiger partial charge in [-0.3, -0.25) is 19.8 Å². The Hall–Kier alpha value is -2.68. The number of anilines is 1. The topological polar surface area (TPSA) is 138 Å². The molecule has 0 unspecified atom stereocenters. The van der Waals surface area contributed by atoms with E-state index in [2.05, 4.69) is 15.6 Å². The van der Waals surface area contributed by atoms with Crippen LogP contribution in [-0.4, -0.2) is 58.1 Å². The van der Waals surface area contributed by atoms with Crippen LogP contribution in [0.5, 0.6) is 0 Å². The van der Waals surface area contributed by atoms with Gasteiger partial charge < -0.3 is 16.2 Å². The lowest BCUT2D eigenvalue weighted by Crippen LogP contribution is -2.55. The molecule has 3 rings (SSSR count). The van der Waals surface area contributed by atoms with Crippen molar-refractivity contribution < 1.29 is 19.5 Å². The van der Waals surface area contributed by atoms with Crippen molar-refractivity contribution in [3.05, 3.63) is 23.9 Å². The summed E-state index contributed by atoms with van der Waals surface area (Å²) < 4.78 is 0. The number of nitrogens with zero attached hydrogens (tertiary/aromatic N) is 2. The van der Waals surface area contributed by atoms with E-state index in [0.717, 1.165) is 19.4 Å². The van der Waals surface area contributed by atoms with E-state index in [0.29, 0.717) is 5.92 Å². The van der Waals surface area contributed by atoms with Crippen LogP contribution in [-0.2, 0) is 4.79 Å². The van der Waals surface area contributed by atoms with E-state index in [1.165, 1.54) is 18.9 Å². The maximum absolute atomic E-state index is 12.1. The van der Waals surface area contributed by atoms with E-state index in [4.69, 9.17) is 10.8 Å². The third-order valence-electron chi connectivity index (χ3n) is 4.74. The summed E-state index contributed by atoms with van der Waals surface area (Å²) in [6, 6.07) is 4.40. The molecule has 0 spiro atoms. The summed E-state index contributed by atoms with van der Waals surface area (Å²) in [7, 11) is 0. The number of rotatable bonds is 8. The van der Waals surface area contributed by atoms with Gasteiger partial charge in [0.2, 0.25) is 0 Å². The Labute approximate surface area is 150 Å². The Morgan fingerprint density at radius 3 is 2.62 bits per heavy atom. The average Bonchev–Trinajstić information content (AvgIpc) is 3.33. The first-order valence-electron chi connectivity index (χ1n) is 8.71. The number of nitrogens with one attached hydrogen (secondary N) is 2. The molecular weight excluding hydrogens is 338 g/mol. The fourth-order valence-corrected chi connectivity index (χ4v) is 3.13. The zero-order valence-corrected chi connectivity index (χ0v) is 14.4. The molecule has 140 valence electrons. The number of carboxylic acids is 1. The third kappa shape index (κ3) is 4.92. The molecule has 2 aliphatic carbocycles. The normalized spacial score (nSPS) is 21.7. The number of aliphatic carboxylic acids is 1. The van der Waals surface area contributed by atoms with Crippen molar-refractivity contribution in [2.45, 2.75) is 37.8 Å². The molecule has 0 bridgehead atoms. The monoisotopic (exact) mass is 361 g/mol. The van der Waals surface area contributed by atoms with Crippen molar-refractivity contribution in [3.8, 4) is 0 Å². The highest BCUT2D eigenvalue weighted by Gasteiger charge is 2.37. The predicted molar refractivity (Wildman–Crippen MR) is 93.7 cm³/mol. The standard InChI is InChI=1S/C17H23N5O4/c18-16(25)13-2-1-3-14(20-13)21-17(26)19-11-6-12(7-11)22(9-15(23)24)8-10-4-5-10/h1-3,10-12H,4-9H2,(H2,18,25)(H,23,24)(H2,19,20,21,26). The number of aromatic nitrogens is 1. The van der Waals surface area contributed by atoms with Crippen LogP contribution in [0.3, 0.4) is 0 Å². The van der Waals surface area contributed by atoms with Crippen molar-refractivity contribution in [2.75, 3.05) is 18.4 Å². The maximum atomic E-state index is 12.1. The van der Waals surface area contributed by atoms with E-state index < -0.39 is 17.9 Å². The minimum Gasteiger partial charge on any atom is -0.480 e. The number of carbonyl (C=O) groups excluding carboxylic acids is 2. The van der Waals surface area contributed by atoms with Gasteiger partial charge in [-0.1, -0.05) is 6.07 Å². The Morgan fingerprint density at radius 2 is 2.00 bits per heavy atom. The number of hydrogen-bond acceptors (Lipinski definition) is 5. The molecule has 1 aromatic rings. The molecule has 3 amide bonds. The molecule has 1 aromatic heterocycles. The van der Waals surface area contributed by atoms with Crippen LogP contribution in [0.4, 0.5) is 10.6 Å². The molecule has 0 aromatic carbocycles. The molecule has 9 nitrogen and oxygen atoms in total. The molecule has 2 fully saturated rings. The van der Waals surface area contributed by atoms with Crippen LogP contribution >= 0.6 is 0 Å². The van der Waals surface area contributed by atoms with Crippen LogP contribution in [0, 0.1) is 5.92 Å². The lowest BCUT2D eigenvalue weighted by Gasteiger charge is -2.42. The zero-order chi connectivity index (χ0) is 18.7. The first kappa shape index (κ1) is 18.1. The van der Waals surface area contributed by atoms with Gasteiger partial charge in [0.1, 0.15) is 11.5 Å². The van der Waals surface area contributed by atoms with Crippen LogP contribution in [0.15, 0.2) is 18.2 Å². The minimum absolute atomic E-state index is 0.00480. The molecule has 9 heteroatoms. The Morgan fingerprint density at radius 1 is 1.27 bits per heavy atom. The molecule has 0 saturated heterocycles. The molecule has 2 saturated carbocycles. The van der Waals surface area contributed by atoms with Gasteiger partial charge in [-0.05, 0) is 43.7 Å². The van der Waals surface area contributed by atoms with E-state index in [9.17, 15) is 14.4 Å². The molecular formula is C17H23N5O4.